The zero-order chi connectivity index (χ0) is 10.1. The van der Waals surface area contributed by atoms with Crippen LogP contribution in [0.3, 0.4) is 0 Å². The summed E-state index contributed by atoms with van der Waals surface area (Å²) >= 11 is 0. The van der Waals surface area contributed by atoms with Crippen LogP contribution in [-0.2, 0) is 5.92 Å². The monoisotopic (exact) mass is 199 g/mol. The Balaban J connectivity index is 2.17. The van der Waals surface area contributed by atoms with E-state index in [2.05, 4.69) is 10.2 Å². The molecule has 3 rings (SSSR count). The van der Waals surface area contributed by atoms with Crippen molar-refractivity contribution >= 4 is 5.82 Å². The molecule has 1 saturated carbocycles. The number of hydrogen-bond donors (Lipinski definition) is 1. The van der Waals surface area contributed by atoms with Gasteiger partial charge in [-0.05, 0) is 12.3 Å². The van der Waals surface area contributed by atoms with Crippen molar-refractivity contribution in [3.63, 3.8) is 0 Å². The third-order valence-electron chi connectivity index (χ3n) is 3.17. The van der Waals surface area contributed by atoms with Crippen molar-refractivity contribution in [2.24, 2.45) is 5.92 Å². The molecule has 1 fully saturated rings. The molecule has 1 N–H and O–H groups in total. The van der Waals surface area contributed by atoms with Crippen molar-refractivity contribution in [3.05, 3.63) is 11.3 Å². The second-order valence-electron chi connectivity index (χ2n) is 4.30. The summed E-state index contributed by atoms with van der Waals surface area (Å²) in [6.45, 7) is 0. The van der Waals surface area contributed by atoms with E-state index in [4.69, 9.17) is 0 Å². The van der Waals surface area contributed by atoms with E-state index in [1.807, 2.05) is 14.1 Å². The summed E-state index contributed by atoms with van der Waals surface area (Å²) < 4.78 is 27.1. The van der Waals surface area contributed by atoms with E-state index in [1.54, 1.807) is 4.90 Å². The van der Waals surface area contributed by atoms with Crippen LogP contribution < -0.4 is 4.90 Å². The zero-order valence-electron chi connectivity index (χ0n) is 8.01. The number of rotatable bonds is 1. The molecule has 0 aliphatic heterocycles. The first-order chi connectivity index (χ1) is 6.53. The van der Waals surface area contributed by atoms with Crippen LogP contribution in [0.5, 0.6) is 0 Å². The maximum atomic E-state index is 13.6. The second kappa shape index (κ2) is 2.10. The minimum Gasteiger partial charge on any atom is -0.361 e. The van der Waals surface area contributed by atoms with Gasteiger partial charge in [-0.15, -0.1) is 0 Å². The maximum absolute atomic E-state index is 13.6. The predicted octanol–water partition coefficient (Wildman–Crippen LogP) is 1.68. The molecule has 76 valence electrons. The van der Waals surface area contributed by atoms with Gasteiger partial charge in [0, 0.05) is 25.6 Å². The van der Waals surface area contributed by atoms with Gasteiger partial charge >= 0.3 is 0 Å². The van der Waals surface area contributed by atoms with Crippen LogP contribution in [0.1, 0.15) is 23.6 Å². The highest BCUT2D eigenvalue weighted by atomic mass is 19.3. The summed E-state index contributed by atoms with van der Waals surface area (Å²) in [6.07, 6.45) is 0.611. The van der Waals surface area contributed by atoms with Crippen molar-refractivity contribution in [3.8, 4) is 0 Å². The maximum Gasteiger partial charge on any atom is 0.292 e. The number of aromatic amines is 1. The molecule has 0 aromatic carbocycles. The van der Waals surface area contributed by atoms with E-state index >= 15 is 0 Å². The smallest absolute Gasteiger partial charge is 0.292 e. The van der Waals surface area contributed by atoms with Gasteiger partial charge in [-0.2, -0.15) is 13.9 Å². The molecule has 1 aromatic rings. The summed E-state index contributed by atoms with van der Waals surface area (Å²) in [4.78, 5) is 1.78. The number of fused-ring (bicyclic) bond motifs is 3. The number of halogens is 2. The molecule has 1 heterocycles. The van der Waals surface area contributed by atoms with Gasteiger partial charge in [0.2, 0.25) is 0 Å². The van der Waals surface area contributed by atoms with Gasteiger partial charge in [0.05, 0.1) is 0 Å². The molecular formula is C9H11F2N3. The first-order valence-electron chi connectivity index (χ1n) is 4.67. The number of anilines is 1. The Bertz CT molecular complexity index is 397. The van der Waals surface area contributed by atoms with E-state index in [9.17, 15) is 8.78 Å². The highest BCUT2D eigenvalue weighted by Gasteiger charge is 2.66. The van der Waals surface area contributed by atoms with E-state index in [-0.39, 0.29) is 11.6 Å². The van der Waals surface area contributed by atoms with Crippen molar-refractivity contribution in [1.29, 1.82) is 0 Å². The van der Waals surface area contributed by atoms with Gasteiger partial charge < -0.3 is 4.90 Å². The molecule has 0 saturated heterocycles. The number of aromatic nitrogens is 2. The predicted molar refractivity (Wildman–Crippen MR) is 47.7 cm³/mol. The Hall–Kier alpha value is -1.13. The molecule has 1 aromatic heterocycles. The molecule has 0 radical (unpaired) electrons. The van der Waals surface area contributed by atoms with Crippen LogP contribution in [0.15, 0.2) is 0 Å². The van der Waals surface area contributed by atoms with Gasteiger partial charge in [-0.1, -0.05) is 0 Å². The lowest BCUT2D eigenvalue weighted by atomic mass is 10.1. The zero-order valence-corrected chi connectivity index (χ0v) is 8.01. The molecule has 2 aliphatic rings. The highest BCUT2D eigenvalue weighted by Crippen LogP contribution is 2.67. The lowest BCUT2D eigenvalue weighted by molar-refractivity contribution is -0.0268. The first kappa shape index (κ1) is 8.20. The van der Waals surface area contributed by atoms with Crippen molar-refractivity contribution in [1.82, 2.24) is 10.2 Å². The number of nitrogens with one attached hydrogen (secondary N) is 1. The number of nitrogens with zero attached hydrogens (tertiary/aromatic N) is 2. The molecule has 0 amide bonds. The van der Waals surface area contributed by atoms with Crippen LogP contribution >= 0.6 is 0 Å². The van der Waals surface area contributed by atoms with E-state index in [0.717, 1.165) is 5.56 Å². The van der Waals surface area contributed by atoms with Gasteiger partial charge in [-0.25, -0.2) is 0 Å². The molecular weight excluding hydrogens is 188 g/mol. The summed E-state index contributed by atoms with van der Waals surface area (Å²) in [7, 11) is 3.65. The van der Waals surface area contributed by atoms with Gasteiger partial charge in [0.15, 0.2) is 5.82 Å². The lowest BCUT2D eigenvalue weighted by Gasteiger charge is -2.10. The number of alkyl halides is 2. The van der Waals surface area contributed by atoms with E-state index < -0.39 is 11.8 Å². The minimum absolute atomic E-state index is 0.0381. The summed E-state index contributed by atoms with van der Waals surface area (Å²) in [5.74, 6) is -2.44. The fourth-order valence-electron chi connectivity index (χ4n) is 2.39. The van der Waals surface area contributed by atoms with Crippen molar-refractivity contribution in [2.45, 2.75) is 18.3 Å². The SMILES string of the molecule is CN(C)c1n[nH]c2c1C1CC1C2(F)F. The molecule has 14 heavy (non-hydrogen) atoms. The van der Waals surface area contributed by atoms with Gasteiger partial charge in [0.25, 0.3) is 5.92 Å². The molecule has 3 nitrogen and oxygen atoms in total. The molecule has 0 bridgehead atoms. The van der Waals surface area contributed by atoms with Crippen molar-refractivity contribution in [2.75, 3.05) is 19.0 Å². The molecule has 0 spiro atoms. The Kier molecular flexibility index (Phi) is 1.23. The van der Waals surface area contributed by atoms with E-state index in [0.29, 0.717) is 12.2 Å². The average Bonchev–Trinajstić information content (AvgIpc) is 2.70. The van der Waals surface area contributed by atoms with Crippen LogP contribution in [0.25, 0.3) is 0 Å². The van der Waals surface area contributed by atoms with Gasteiger partial charge in [0.1, 0.15) is 5.69 Å². The second-order valence-corrected chi connectivity index (χ2v) is 4.30. The fourth-order valence-corrected chi connectivity index (χ4v) is 2.39. The topological polar surface area (TPSA) is 31.9 Å². The average molecular weight is 199 g/mol. The highest BCUT2D eigenvalue weighted by molar-refractivity contribution is 5.57. The van der Waals surface area contributed by atoms with Crippen LogP contribution in [0, 0.1) is 5.92 Å². The third kappa shape index (κ3) is 0.738. The van der Waals surface area contributed by atoms with Gasteiger partial charge in [-0.3, -0.25) is 5.10 Å². The fraction of sp³-hybridized carbons (Fsp3) is 0.667. The normalized spacial score (nSPS) is 31.1. The summed E-state index contributed by atoms with van der Waals surface area (Å²) in [5, 5.41) is 6.41. The molecule has 2 unspecified atom stereocenters. The minimum atomic E-state index is -2.68. The number of H-pyrrole nitrogens is 1. The summed E-state index contributed by atoms with van der Waals surface area (Å²) in [6, 6.07) is 0. The largest absolute Gasteiger partial charge is 0.361 e. The standard InChI is InChI=1S/C9H11F2N3/c1-14(2)8-6-4-3-5(4)9(10,11)7(6)12-13-8/h4-5H,3H2,1-2H3,(H,12,13). The Morgan fingerprint density at radius 3 is 2.86 bits per heavy atom. The summed E-state index contributed by atoms with van der Waals surface area (Å²) in [5.41, 5.74) is 0.785. The quantitative estimate of drug-likeness (QED) is 0.746. The molecule has 5 heteroatoms. The third-order valence-corrected chi connectivity index (χ3v) is 3.17. The van der Waals surface area contributed by atoms with Crippen molar-refractivity contribution < 1.29 is 8.78 Å². The Morgan fingerprint density at radius 2 is 2.21 bits per heavy atom. The van der Waals surface area contributed by atoms with Crippen LogP contribution in [-0.4, -0.2) is 24.3 Å². The number of hydrogen-bond acceptors (Lipinski definition) is 2. The first-order valence-corrected chi connectivity index (χ1v) is 4.67. The molecule has 2 atom stereocenters. The van der Waals surface area contributed by atoms with Crippen LogP contribution in [0.2, 0.25) is 0 Å². The lowest BCUT2D eigenvalue weighted by Crippen LogP contribution is -2.14. The van der Waals surface area contributed by atoms with E-state index in [1.165, 1.54) is 0 Å². The van der Waals surface area contributed by atoms with Crippen LogP contribution in [0.4, 0.5) is 14.6 Å². The Morgan fingerprint density at radius 1 is 1.50 bits per heavy atom. The Labute approximate surface area is 80.1 Å². The molecule has 2 aliphatic carbocycles.